The molecule has 1 atom stereocenters. The lowest BCUT2D eigenvalue weighted by atomic mass is 9.99. The van der Waals surface area contributed by atoms with Crippen molar-refractivity contribution in [1.82, 2.24) is 5.32 Å². The molecule has 3 aromatic rings. The first-order valence-electron chi connectivity index (χ1n) is 9.49. The van der Waals surface area contributed by atoms with E-state index in [4.69, 9.17) is 9.47 Å². The fraction of sp³-hybridized carbons (Fsp3) is 0.208. The van der Waals surface area contributed by atoms with Gasteiger partial charge >= 0.3 is 0 Å². The van der Waals surface area contributed by atoms with Gasteiger partial charge in [0.1, 0.15) is 0 Å². The number of para-hydroxylation sites is 2. The fourth-order valence-corrected chi connectivity index (χ4v) is 3.01. The molecule has 0 aliphatic heterocycles. The van der Waals surface area contributed by atoms with Crippen LogP contribution in [0.3, 0.4) is 0 Å². The summed E-state index contributed by atoms with van der Waals surface area (Å²) in [4.78, 5) is 12.6. The Bertz CT molecular complexity index is 865. The van der Waals surface area contributed by atoms with Gasteiger partial charge in [-0.25, -0.2) is 0 Å². The number of hydrogen-bond donors (Lipinski definition) is 1. The summed E-state index contributed by atoms with van der Waals surface area (Å²) in [5, 5.41) is 3.10. The zero-order valence-electron chi connectivity index (χ0n) is 16.0. The molecule has 0 aliphatic carbocycles. The van der Waals surface area contributed by atoms with E-state index in [1.165, 1.54) is 5.56 Å². The van der Waals surface area contributed by atoms with Gasteiger partial charge in [-0.15, -0.1) is 0 Å². The van der Waals surface area contributed by atoms with Crippen molar-refractivity contribution in [3.63, 3.8) is 0 Å². The zero-order valence-corrected chi connectivity index (χ0v) is 16.0. The minimum absolute atomic E-state index is 0.0673. The van der Waals surface area contributed by atoms with E-state index >= 15 is 0 Å². The van der Waals surface area contributed by atoms with Gasteiger partial charge in [-0.05, 0) is 36.6 Å². The molecular weight excluding hydrogens is 350 g/mol. The number of rotatable bonds is 9. The molecule has 0 saturated carbocycles. The van der Waals surface area contributed by atoms with Gasteiger partial charge < -0.3 is 14.8 Å². The van der Waals surface area contributed by atoms with Gasteiger partial charge in [0.2, 0.25) is 0 Å². The van der Waals surface area contributed by atoms with Crippen LogP contribution in [0.1, 0.15) is 24.1 Å². The molecule has 0 saturated heterocycles. The normalized spacial score (nSPS) is 11.5. The van der Waals surface area contributed by atoms with Crippen molar-refractivity contribution in [1.29, 1.82) is 0 Å². The van der Waals surface area contributed by atoms with Crippen LogP contribution in [0.25, 0.3) is 0 Å². The minimum Gasteiger partial charge on any atom is -0.490 e. The third kappa shape index (κ3) is 5.61. The Morgan fingerprint density at radius 3 is 2.04 bits per heavy atom. The van der Waals surface area contributed by atoms with Gasteiger partial charge in [-0.1, -0.05) is 72.8 Å². The lowest BCUT2D eigenvalue weighted by molar-refractivity contribution is -0.123. The van der Waals surface area contributed by atoms with Crippen molar-refractivity contribution < 1.29 is 14.3 Å². The summed E-state index contributed by atoms with van der Waals surface area (Å²) >= 11 is 0. The van der Waals surface area contributed by atoms with Crippen molar-refractivity contribution in [3.05, 3.63) is 96.1 Å². The second-order valence-electron chi connectivity index (χ2n) is 6.39. The molecule has 0 aliphatic rings. The van der Waals surface area contributed by atoms with Crippen LogP contribution in [-0.2, 0) is 11.2 Å². The van der Waals surface area contributed by atoms with Crippen molar-refractivity contribution in [2.75, 3.05) is 13.2 Å². The average Bonchev–Trinajstić information content (AvgIpc) is 2.74. The molecule has 0 bridgehead atoms. The molecular formula is C24H25NO3. The summed E-state index contributed by atoms with van der Waals surface area (Å²) in [7, 11) is 0. The van der Waals surface area contributed by atoms with Crippen LogP contribution < -0.4 is 14.8 Å². The van der Waals surface area contributed by atoms with Crippen molar-refractivity contribution in [2.45, 2.75) is 19.4 Å². The molecule has 3 aromatic carbocycles. The fourth-order valence-electron chi connectivity index (χ4n) is 3.01. The van der Waals surface area contributed by atoms with E-state index in [0.29, 0.717) is 24.5 Å². The summed E-state index contributed by atoms with van der Waals surface area (Å²) in [5.41, 5.74) is 2.23. The van der Waals surface area contributed by atoms with Crippen LogP contribution in [0.15, 0.2) is 84.9 Å². The second-order valence-corrected chi connectivity index (χ2v) is 6.39. The van der Waals surface area contributed by atoms with Crippen molar-refractivity contribution in [2.24, 2.45) is 0 Å². The Balaban J connectivity index is 1.66. The third-order valence-electron chi connectivity index (χ3n) is 4.33. The number of hydrogen-bond acceptors (Lipinski definition) is 3. The molecule has 0 aromatic heterocycles. The van der Waals surface area contributed by atoms with Crippen LogP contribution >= 0.6 is 0 Å². The van der Waals surface area contributed by atoms with Gasteiger partial charge in [0.25, 0.3) is 5.91 Å². The molecule has 0 fully saturated rings. The highest BCUT2D eigenvalue weighted by Gasteiger charge is 2.16. The summed E-state index contributed by atoms with van der Waals surface area (Å²) in [6, 6.07) is 27.4. The lowest BCUT2D eigenvalue weighted by Crippen LogP contribution is -2.33. The topological polar surface area (TPSA) is 47.6 Å². The van der Waals surface area contributed by atoms with E-state index in [1.807, 2.05) is 73.7 Å². The molecule has 0 radical (unpaired) electrons. The minimum atomic E-state index is -0.170. The van der Waals surface area contributed by atoms with E-state index in [1.54, 1.807) is 6.07 Å². The van der Waals surface area contributed by atoms with E-state index in [0.717, 1.165) is 5.56 Å². The number of carbonyl (C=O) groups is 1. The van der Waals surface area contributed by atoms with E-state index in [9.17, 15) is 4.79 Å². The molecule has 1 amide bonds. The molecule has 0 spiro atoms. The number of nitrogens with one attached hydrogen (secondary N) is 1. The van der Waals surface area contributed by atoms with E-state index in [2.05, 4.69) is 17.4 Å². The van der Waals surface area contributed by atoms with Gasteiger partial charge in [0.05, 0.1) is 12.6 Å². The summed E-state index contributed by atoms with van der Waals surface area (Å²) in [6.07, 6.45) is 0.714. The maximum absolute atomic E-state index is 12.6. The molecule has 0 heterocycles. The van der Waals surface area contributed by atoms with Gasteiger partial charge in [0.15, 0.2) is 18.1 Å². The SMILES string of the molecule is CCOc1ccccc1OCC(=O)N[C@@H](Cc1ccccc1)c1ccccc1. The Hall–Kier alpha value is -3.27. The summed E-state index contributed by atoms with van der Waals surface area (Å²) in [6.45, 7) is 2.39. The molecule has 1 N–H and O–H groups in total. The van der Waals surface area contributed by atoms with Crippen LogP contribution in [0.2, 0.25) is 0 Å². The largest absolute Gasteiger partial charge is 0.490 e. The van der Waals surface area contributed by atoms with Crippen LogP contribution in [0.4, 0.5) is 0 Å². The van der Waals surface area contributed by atoms with Crippen LogP contribution in [-0.4, -0.2) is 19.1 Å². The van der Waals surface area contributed by atoms with Gasteiger partial charge in [0, 0.05) is 0 Å². The Morgan fingerprint density at radius 1 is 0.821 bits per heavy atom. The predicted octanol–water partition coefficient (Wildman–Crippen LogP) is 4.56. The highest BCUT2D eigenvalue weighted by atomic mass is 16.5. The van der Waals surface area contributed by atoms with Crippen LogP contribution in [0, 0.1) is 0 Å². The molecule has 4 nitrogen and oxygen atoms in total. The van der Waals surface area contributed by atoms with Gasteiger partial charge in [-0.2, -0.15) is 0 Å². The maximum atomic E-state index is 12.6. The van der Waals surface area contributed by atoms with Gasteiger partial charge in [-0.3, -0.25) is 4.79 Å². The Labute approximate surface area is 166 Å². The summed E-state index contributed by atoms with van der Waals surface area (Å²) in [5.74, 6) is 1.04. The molecule has 4 heteroatoms. The van der Waals surface area contributed by atoms with Crippen LogP contribution in [0.5, 0.6) is 11.5 Å². The van der Waals surface area contributed by atoms with E-state index < -0.39 is 0 Å². The smallest absolute Gasteiger partial charge is 0.258 e. The number of carbonyl (C=O) groups excluding carboxylic acids is 1. The number of benzene rings is 3. The highest BCUT2D eigenvalue weighted by Crippen LogP contribution is 2.26. The first kappa shape index (κ1) is 19.5. The average molecular weight is 375 g/mol. The third-order valence-corrected chi connectivity index (χ3v) is 4.33. The quantitative estimate of drug-likeness (QED) is 0.596. The van der Waals surface area contributed by atoms with Crippen molar-refractivity contribution >= 4 is 5.91 Å². The Kier molecular flexibility index (Phi) is 7.08. The Morgan fingerprint density at radius 2 is 1.39 bits per heavy atom. The first-order chi connectivity index (χ1) is 13.8. The van der Waals surface area contributed by atoms with Crippen molar-refractivity contribution in [3.8, 4) is 11.5 Å². The predicted molar refractivity (Wildman–Crippen MR) is 111 cm³/mol. The number of ether oxygens (including phenoxy) is 2. The molecule has 3 rings (SSSR count). The lowest BCUT2D eigenvalue weighted by Gasteiger charge is -2.20. The monoisotopic (exact) mass is 375 g/mol. The summed E-state index contributed by atoms with van der Waals surface area (Å²) < 4.78 is 11.2. The molecule has 28 heavy (non-hydrogen) atoms. The highest BCUT2D eigenvalue weighted by molar-refractivity contribution is 5.78. The van der Waals surface area contributed by atoms with E-state index in [-0.39, 0.29) is 18.6 Å². The standard InChI is InChI=1S/C24H25NO3/c1-2-27-22-15-9-10-16-23(22)28-18-24(26)25-21(20-13-7-4-8-14-20)17-19-11-5-3-6-12-19/h3-16,21H,2,17-18H2,1H3,(H,25,26)/t21-/m0/s1. The maximum Gasteiger partial charge on any atom is 0.258 e. The molecule has 0 unspecified atom stereocenters. The second kappa shape index (κ2) is 10.2. The zero-order chi connectivity index (χ0) is 19.6. The first-order valence-corrected chi connectivity index (χ1v) is 9.49. The number of amides is 1. The molecule has 144 valence electrons.